The molecular weight excluding hydrogens is 298 g/mol. The monoisotopic (exact) mass is 303 g/mol. The summed E-state index contributed by atoms with van der Waals surface area (Å²) in [5, 5.41) is 7.53. The first-order valence-electron chi connectivity index (χ1n) is 4.16. The van der Waals surface area contributed by atoms with Crippen molar-refractivity contribution in [2.24, 2.45) is 7.05 Å². The van der Waals surface area contributed by atoms with Gasteiger partial charge in [-0.05, 0) is 30.4 Å². The highest BCUT2D eigenvalue weighted by Gasteiger charge is 2.07. The predicted octanol–water partition coefficient (Wildman–Crippen LogP) is 3.56. The molecule has 0 fully saturated rings. The zero-order valence-corrected chi connectivity index (χ0v) is 10.9. The van der Waals surface area contributed by atoms with Gasteiger partial charge in [0.15, 0.2) is 10.6 Å². The second kappa shape index (κ2) is 4.08. The number of nitrogens with zero attached hydrogens (tertiary/aromatic N) is 2. The highest BCUT2D eigenvalue weighted by atomic mass is 79.9. The highest BCUT2D eigenvalue weighted by Crippen LogP contribution is 2.25. The number of hydrogen-bond donors (Lipinski definition) is 1. The van der Waals surface area contributed by atoms with Gasteiger partial charge in [0, 0.05) is 22.1 Å². The van der Waals surface area contributed by atoms with Crippen molar-refractivity contribution < 1.29 is 0 Å². The molecule has 0 unspecified atom stereocenters. The smallest absolute Gasteiger partial charge is 0.195 e. The molecule has 0 spiro atoms. The first-order valence-corrected chi connectivity index (χ1v) is 5.73. The fraction of sp³-hybridized carbons (Fsp3) is 0.111. The van der Waals surface area contributed by atoms with Crippen LogP contribution in [0, 0.1) is 4.77 Å². The minimum absolute atomic E-state index is 0.584. The quantitative estimate of drug-likeness (QED) is 0.817. The standard InChI is InChI=1S/C9H7BrClN3S/c1-14-8(12-13-9(14)15)5-2-6(10)4-7(11)3-5/h2-4H,1H3,(H,13,15). The zero-order valence-electron chi connectivity index (χ0n) is 7.79. The van der Waals surface area contributed by atoms with Crippen molar-refractivity contribution in [1.82, 2.24) is 14.8 Å². The first-order chi connectivity index (χ1) is 7.08. The molecule has 0 atom stereocenters. The van der Waals surface area contributed by atoms with Crippen molar-refractivity contribution in [1.29, 1.82) is 0 Å². The summed E-state index contributed by atoms with van der Waals surface area (Å²) in [7, 11) is 1.86. The van der Waals surface area contributed by atoms with Crippen LogP contribution < -0.4 is 0 Å². The second-order valence-electron chi connectivity index (χ2n) is 3.07. The van der Waals surface area contributed by atoms with Crippen LogP contribution in [0.5, 0.6) is 0 Å². The summed E-state index contributed by atoms with van der Waals surface area (Å²) >= 11 is 14.4. The Labute approximate surface area is 105 Å². The van der Waals surface area contributed by atoms with E-state index in [2.05, 4.69) is 26.1 Å². The molecule has 0 saturated carbocycles. The number of nitrogens with one attached hydrogen (secondary N) is 1. The Kier molecular flexibility index (Phi) is 2.95. The van der Waals surface area contributed by atoms with Crippen LogP contribution >= 0.6 is 39.7 Å². The van der Waals surface area contributed by atoms with Crippen molar-refractivity contribution in [3.05, 3.63) is 32.5 Å². The first kappa shape index (κ1) is 10.9. The number of aromatic nitrogens is 3. The lowest BCUT2D eigenvalue weighted by Crippen LogP contribution is -1.92. The minimum Gasteiger partial charge on any atom is -0.303 e. The van der Waals surface area contributed by atoms with Gasteiger partial charge in [0.2, 0.25) is 0 Å². The van der Waals surface area contributed by atoms with Crippen LogP contribution in [0.2, 0.25) is 5.02 Å². The summed E-state index contributed by atoms with van der Waals surface area (Å²) < 4.78 is 3.30. The Balaban J connectivity index is 2.63. The maximum absolute atomic E-state index is 5.96. The molecular formula is C9H7BrClN3S. The minimum atomic E-state index is 0.584. The molecule has 0 aliphatic rings. The van der Waals surface area contributed by atoms with E-state index < -0.39 is 0 Å². The van der Waals surface area contributed by atoms with Crippen LogP contribution in [0.15, 0.2) is 22.7 Å². The number of benzene rings is 1. The molecule has 0 radical (unpaired) electrons. The van der Waals surface area contributed by atoms with Crippen molar-refractivity contribution >= 4 is 39.7 Å². The van der Waals surface area contributed by atoms with Gasteiger partial charge in [-0.1, -0.05) is 27.5 Å². The summed E-state index contributed by atoms with van der Waals surface area (Å²) in [5.74, 6) is 0.767. The van der Waals surface area contributed by atoms with E-state index in [0.717, 1.165) is 15.9 Å². The van der Waals surface area contributed by atoms with Gasteiger partial charge in [-0.15, -0.1) is 0 Å². The van der Waals surface area contributed by atoms with Gasteiger partial charge in [0.1, 0.15) is 0 Å². The predicted molar refractivity (Wildman–Crippen MR) is 66.5 cm³/mol. The third kappa shape index (κ3) is 2.14. The third-order valence-corrected chi connectivity index (χ3v) is 3.04. The highest BCUT2D eigenvalue weighted by molar-refractivity contribution is 9.10. The number of hydrogen-bond acceptors (Lipinski definition) is 2. The third-order valence-electron chi connectivity index (χ3n) is 2.00. The van der Waals surface area contributed by atoms with Crippen LogP contribution in [0.3, 0.4) is 0 Å². The van der Waals surface area contributed by atoms with Crippen molar-refractivity contribution in [3.8, 4) is 11.4 Å². The molecule has 0 saturated heterocycles. The van der Waals surface area contributed by atoms with Crippen LogP contribution in [-0.4, -0.2) is 14.8 Å². The van der Waals surface area contributed by atoms with E-state index in [-0.39, 0.29) is 0 Å². The van der Waals surface area contributed by atoms with Crippen molar-refractivity contribution in [2.75, 3.05) is 0 Å². The Hall–Kier alpha value is -0.650. The lowest BCUT2D eigenvalue weighted by atomic mass is 10.2. The van der Waals surface area contributed by atoms with Gasteiger partial charge < -0.3 is 4.57 Å². The molecule has 0 aliphatic heterocycles. The van der Waals surface area contributed by atoms with Gasteiger partial charge in [0.05, 0.1) is 0 Å². The van der Waals surface area contributed by atoms with Crippen LogP contribution in [0.4, 0.5) is 0 Å². The molecule has 15 heavy (non-hydrogen) atoms. The van der Waals surface area contributed by atoms with Gasteiger partial charge >= 0.3 is 0 Å². The largest absolute Gasteiger partial charge is 0.303 e. The summed E-state index contributed by atoms with van der Waals surface area (Å²) in [5.41, 5.74) is 0.921. The van der Waals surface area contributed by atoms with Gasteiger partial charge in [-0.3, -0.25) is 5.10 Å². The van der Waals surface area contributed by atoms with Crippen molar-refractivity contribution in [2.45, 2.75) is 0 Å². The average molecular weight is 305 g/mol. The summed E-state index contributed by atoms with van der Waals surface area (Å²) in [4.78, 5) is 0. The fourth-order valence-electron chi connectivity index (χ4n) is 1.29. The van der Waals surface area contributed by atoms with Crippen LogP contribution in [-0.2, 0) is 7.05 Å². The van der Waals surface area contributed by atoms with E-state index in [1.165, 1.54) is 0 Å². The molecule has 6 heteroatoms. The maximum atomic E-state index is 5.96. The van der Waals surface area contributed by atoms with Gasteiger partial charge in [0.25, 0.3) is 0 Å². The van der Waals surface area contributed by atoms with E-state index >= 15 is 0 Å². The molecule has 2 rings (SSSR count). The molecule has 1 aromatic carbocycles. The fourth-order valence-corrected chi connectivity index (χ4v) is 2.28. The molecule has 0 amide bonds. The molecule has 1 heterocycles. The average Bonchev–Trinajstić information content (AvgIpc) is 2.46. The molecule has 1 N–H and O–H groups in total. The van der Waals surface area contributed by atoms with Crippen molar-refractivity contribution in [3.63, 3.8) is 0 Å². The van der Waals surface area contributed by atoms with Crippen LogP contribution in [0.1, 0.15) is 0 Å². The summed E-state index contributed by atoms with van der Waals surface area (Å²) in [6.07, 6.45) is 0. The molecule has 1 aromatic heterocycles. The number of H-pyrrole nitrogens is 1. The molecule has 3 nitrogen and oxygen atoms in total. The van der Waals surface area contributed by atoms with Gasteiger partial charge in [-0.2, -0.15) is 5.10 Å². The summed E-state index contributed by atoms with van der Waals surface area (Å²) in [6, 6.07) is 5.61. The lowest BCUT2D eigenvalue weighted by Gasteiger charge is -2.02. The zero-order chi connectivity index (χ0) is 11.0. The topological polar surface area (TPSA) is 33.6 Å². The van der Waals surface area contributed by atoms with E-state index in [9.17, 15) is 0 Å². The SMILES string of the molecule is Cn1c(-c2cc(Cl)cc(Br)c2)n[nH]c1=S. The molecule has 78 valence electrons. The Bertz CT molecular complexity index is 540. The Morgan fingerprint density at radius 2 is 2.20 bits per heavy atom. The van der Waals surface area contributed by atoms with E-state index in [1.54, 1.807) is 4.57 Å². The van der Waals surface area contributed by atoms with Crippen LogP contribution in [0.25, 0.3) is 11.4 Å². The number of aromatic amines is 1. The van der Waals surface area contributed by atoms with E-state index in [1.807, 2.05) is 25.2 Å². The van der Waals surface area contributed by atoms with E-state index in [0.29, 0.717) is 9.79 Å². The Morgan fingerprint density at radius 1 is 1.47 bits per heavy atom. The lowest BCUT2D eigenvalue weighted by molar-refractivity contribution is 0.902. The molecule has 2 aromatic rings. The number of rotatable bonds is 1. The van der Waals surface area contributed by atoms with Gasteiger partial charge in [-0.25, -0.2) is 0 Å². The Morgan fingerprint density at radius 3 is 2.73 bits per heavy atom. The summed E-state index contributed by atoms with van der Waals surface area (Å²) in [6.45, 7) is 0. The second-order valence-corrected chi connectivity index (χ2v) is 4.81. The van der Waals surface area contributed by atoms with E-state index in [4.69, 9.17) is 23.8 Å². The molecule has 0 bridgehead atoms. The number of halogens is 2. The maximum Gasteiger partial charge on any atom is 0.195 e. The molecule has 0 aliphatic carbocycles. The normalized spacial score (nSPS) is 10.6.